The van der Waals surface area contributed by atoms with E-state index in [0.29, 0.717) is 6.61 Å². The van der Waals surface area contributed by atoms with Crippen molar-refractivity contribution in [1.82, 2.24) is 0 Å². The zero-order valence-corrected chi connectivity index (χ0v) is 12.9. The van der Waals surface area contributed by atoms with Crippen molar-refractivity contribution in [3.8, 4) is 5.75 Å². The van der Waals surface area contributed by atoms with Crippen molar-refractivity contribution >= 4 is 15.9 Å². The summed E-state index contributed by atoms with van der Waals surface area (Å²) in [5, 5.41) is 9.12. The molecule has 2 fully saturated rings. The smallest absolute Gasteiger partial charge is 0.133 e. The average molecular weight is 343 g/mol. The molecule has 2 saturated heterocycles. The predicted molar refractivity (Wildman–Crippen MR) is 77.8 cm³/mol. The Hall–Kier alpha value is -0.620. The Kier molecular flexibility index (Phi) is 4.31. The summed E-state index contributed by atoms with van der Waals surface area (Å²) in [6.07, 6.45) is 2.89. The fourth-order valence-electron chi connectivity index (χ4n) is 2.86. The van der Waals surface area contributed by atoms with Crippen molar-refractivity contribution in [1.29, 1.82) is 0 Å². The second kappa shape index (κ2) is 6.02. The number of hydrogen-bond acceptors (Lipinski definition) is 4. The van der Waals surface area contributed by atoms with Gasteiger partial charge in [0.15, 0.2) is 0 Å². The van der Waals surface area contributed by atoms with E-state index in [9.17, 15) is 0 Å². The maximum atomic E-state index is 9.12. The molecule has 20 heavy (non-hydrogen) atoms. The molecule has 110 valence electrons. The molecule has 2 aliphatic rings. The molecule has 2 atom stereocenters. The van der Waals surface area contributed by atoms with E-state index in [1.165, 1.54) is 0 Å². The first-order valence-electron chi connectivity index (χ1n) is 6.98. The molecule has 0 aromatic heterocycles. The van der Waals surface area contributed by atoms with Gasteiger partial charge in [-0.1, -0.05) is 6.07 Å². The normalized spacial score (nSPS) is 29.8. The highest BCUT2D eigenvalue weighted by molar-refractivity contribution is 9.10. The molecule has 0 saturated carbocycles. The lowest BCUT2D eigenvalue weighted by Gasteiger charge is -2.37. The molecule has 4 nitrogen and oxygen atoms in total. The predicted octanol–water partition coefficient (Wildman–Crippen LogP) is 2.66. The molecule has 1 aromatic carbocycles. The van der Waals surface area contributed by atoms with Crippen molar-refractivity contribution in [2.45, 2.75) is 37.6 Å². The van der Waals surface area contributed by atoms with Crippen molar-refractivity contribution < 1.29 is 19.3 Å². The Labute approximate surface area is 127 Å². The average Bonchev–Trinajstić information content (AvgIpc) is 2.89. The van der Waals surface area contributed by atoms with E-state index in [2.05, 4.69) is 15.9 Å². The van der Waals surface area contributed by atoms with Crippen LogP contribution in [0.5, 0.6) is 5.75 Å². The number of rotatable bonds is 3. The van der Waals surface area contributed by atoms with Gasteiger partial charge < -0.3 is 19.3 Å². The maximum absolute atomic E-state index is 9.12. The molecule has 1 spiro atoms. The summed E-state index contributed by atoms with van der Waals surface area (Å²) >= 11 is 3.50. The van der Waals surface area contributed by atoms with Gasteiger partial charge in [-0.2, -0.15) is 0 Å². The first-order valence-corrected chi connectivity index (χ1v) is 7.78. The quantitative estimate of drug-likeness (QED) is 0.917. The van der Waals surface area contributed by atoms with Crippen molar-refractivity contribution in [2.24, 2.45) is 0 Å². The number of halogens is 1. The minimum absolute atomic E-state index is 0.0383. The second-order valence-electron chi connectivity index (χ2n) is 5.49. The molecule has 0 bridgehead atoms. The fraction of sp³-hybridized carbons (Fsp3) is 0.600. The van der Waals surface area contributed by atoms with Crippen LogP contribution in [-0.4, -0.2) is 36.6 Å². The van der Waals surface area contributed by atoms with E-state index in [4.69, 9.17) is 19.3 Å². The number of aliphatic hydroxyl groups excluding tert-OH is 1. The Morgan fingerprint density at radius 2 is 2.30 bits per heavy atom. The molecule has 3 rings (SSSR count). The lowest BCUT2D eigenvalue weighted by atomic mass is 9.91. The summed E-state index contributed by atoms with van der Waals surface area (Å²) in [4.78, 5) is 0. The standard InChI is InChI=1S/C15H19BrO4/c16-13-7-11(9-17)1-2-14(13)20-12-3-5-19-15(8-12)4-6-18-10-15/h1-2,7,12,17H,3-6,8-10H2. The van der Waals surface area contributed by atoms with Gasteiger partial charge in [0.25, 0.3) is 0 Å². The third kappa shape index (κ3) is 3.01. The summed E-state index contributed by atoms with van der Waals surface area (Å²) in [7, 11) is 0. The van der Waals surface area contributed by atoms with Crippen LogP contribution in [0.1, 0.15) is 24.8 Å². The van der Waals surface area contributed by atoms with Crippen LogP contribution in [0.15, 0.2) is 22.7 Å². The van der Waals surface area contributed by atoms with Crippen LogP contribution in [0.3, 0.4) is 0 Å². The van der Waals surface area contributed by atoms with Crippen LogP contribution in [0.4, 0.5) is 0 Å². The van der Waals surface area contributed by atoms with Gasteiger partial charge in [0.05, 0.1) is 29.9 Å². The number of aliphatic hydroxyl groups is 1. The highest BCUT2D eigenvalue weighted by Gasteiger charge is 2.41. The Bertz CT molecular complexity index is 471. The van der Waals surface area contributed by atoms with Crippen LogP contribution in [-0.2, 0) is 16.1 Å². The van der Waals surface area contributed by atoms with Crippen LogP contribution >= 0.6 is 15.9 Å². The van der Waals surface area contributed by atoms with Crippen LogP contribution in [0, 0.1) is 0 Å². The number of ether oxygens (including phenoxy) is 3. The van der Waals surface area contributed by atoms with Gasteiger partial charge in [0.1, 0.15) is 11.9 Å². The molecule has 1 N–H and O–H groups in total. The van der Waals surface area contributed by atoms with E-state index in [1.807, 2.05) is 18.2 Å². The summed E-state index contributed by atoms with van der Waals surface area (Å²) in [6.45, 7) is 2.22. The minimum atomic E-state index is -0.138. The molecule has 5 heteroatoms. The summed E-state index contributed by atoms with van der Waals surface area (Å²) in [5.41, 5.74) is 0.734. The summed E-state index contributed by atoms with van der Waals surface area (Å²) in [5.74, 6) is 0.822. The van der Waals surface area contributed by atoms with Gasteiger partial charge in [-0.3, -0.25) is 0 Å². The molecule has 0 radical (unpaired) electrons. The second-order valence-corrected chi connectivity index (χ2v) is 6.34. The van der Waals surface area contributed by atoms with Crippen LogP contribution in [0.25, 0.3) is 0 Å². The van der Waals surface area contributed by atoms with Gasteiger partial charge in [-0.15, -0.1) is 0 Å². The number of benzene rings is 1. The first-order chi connectivity index (χ1) is 9.71. The molecular weight excluding hydrogens is 324 g/mol. The monoisotopic (exact) mass is 342 g/mol. The Morgan fingerprint density at radius 3 is 3.00 bits per heavy atom. The highest BCUT2D eigenvalue weighted by atomic mass is 79.9. The van der Waals surface area contributed by atoms with Gasteiger partial charge in [-0.05, 0) is 33.6 Å². The lowest BCUT2D eigenvalue weighted by molar-refractivity contribution is -0.112. The van der Waals surface area contributed by atoms with E-state index in [1.54, 1.807) is 0 Å². The molecule has 2 aliphatic heterocycles. The van der Waals surface area contributed by atoms with E-state index < -0.39 is 0 Å². The van der Waals surface area contributed by atoms with Crippen molar-refractivity contribution in [3.63, 3.8) is 0 Å². The zero-order chi connectivity index (χ0) is 14.0. The molecule has 0 amide bonds. The third-order valence-corrected chi connectivity index (χ3v) is 4.61. The molecule has 2 unspecified atom stereocenters. The van der Waals surface area contributed by atoms with E-state index in [-0.39, 0.29) is 18.3 Å². The minimum Gasteiger partial charge on any atom is -0.489 e. The highest BCUT2D eigenvalue weighted by Crippen LogP contribution is 2.36. The Morgan fingerprint density at radius 1 is 1.40 bits per heavy atom. The SMILES string of the molecule is OCc1ccc(OC2CCOC3(CCOC3)C2)c(Br)c1. The molecule has 1 aromatic rings. The molecular formula is C15H19BrO4. The van der Waals surface area contributed by atoms with Gasteiger partial charge in [0, 0.05) is 25.9 Å². The third-order valence-electron chi connectivity index (χ3n) is 3.99. The van der Waals surface area contributed by atoms with Crippen LogP contribution < -0.4 is 4.74 Å². The largest absolute Gasteiger partial charge is 0.489 e. The lowest BCUT2D eigenvalue weighted by Crippen LogP contribution is -2.44. The van der Waals surface area contributed by atoms with Crippen LogP contribution in [0.2, 0.25) is 0 Å². The first kappa shape index (κ1) is 14.3. The number of hydrogen-bond donors (Lipinski definition) is 1. The maximum Gasteiger partial charge on any atom is 0.133 e. The van der Waals surface area contributed by atoms with E-state index >= 15 is 0 Å². The van der Waals surface area contributed by atoms with E-state index in [0.717, 1.165) is 48.3 Å². The zero-order valence-electron chi connectivity index (χ0n) is 11.3. The Balaban J connectivity index is 1.68. The van der Waals surface area contributed by atoms with Crippen molar-refractivity contribution in [2.75, 3.05) is 19.8 Å². The topological polar surface area (TPSA) is 47.9 Å². The fourth-order valence-corrected chi connectivity index (χ4v) is 3.38. The van der Waals surface area contributed by atoms with Gasteiger partial charge in [0.2, 0.25) is 0 Å². The molecule has 0 aliphatic carbocycles. The van der Waals surface area contributed by atoms with Gasteiger partial charge in [-0.25, -0.2) is 0 Å². The van der Waals surface area contributed by atoms with Gasteiger partial charge >= 0.3 is 0 Å². The van der Waals surface area contributed by atoms with Crippen molar-refractivity contribution in [3.05, 3.63) is 28.2 Å². The molecule has 2 heterocycles. The summed E-state index contributed by atoms with van der Waals surface area (Å²) < 4.78 is 18.4. The summed E-state index contributed by atoms with van der Waals surface area (Å²) in [6, 6.07) is 5.68.